The van der Waals surface area contributed by atoms with Crippen LogP contribution in [0, 0.1) is 5.92 Å². The van der Waals surface area contributed by atoms with Gasteiger partial charge >= 0.3 is 0 Å². The molecule has 0 saturated heterocycles. The zero-order valence-corrected chi connectivity index (χ0v) is 12.8. The maximum atomic E-state index is 6.10. The maximum absolute atomic E-state index is 6.10. The summed E-state index contributed by atoms with van der Waals surface area (Å²) in [6, 6.07) is 8.97. The van der Waals surface area contributed by atoms with Crippen molar-refractivity contribution in [3.63, 3.8) is 0 Å². The fraction of sp³-hybridized carbons (Fsp3) is 0.647. The van der Waals surface area contributed by atoms with Crippen LogP contribution < -0.4 is 5.32 Å². The van der Waals surface area contributed by atoms with E-state index in [9.17, 15) is 0 Å². The van der Waals surface area contributed by atoms with Crippen molar-refractivity contribution in [3.8, 4) is 0 Å². The fourth-order valence-corrected chi connectivity index (χ4v) is 3.40. The van der Waals surface area contributed by atoms with E-state index in [-0.39, 0.29) is 0 Å². The van der Waals surface area contributed by atoms with E-state index < -0.39 is 0 Å². The molecule has 1 N–H and O–H groups in total. The first-order valence-electron chi connectivity index (χ1n) is 7.77. The lowest BCUT2D eigenvalue weighted by molar-refractivity contribution is 0.267. The Labute approximate surface area is 122 Å². The molecule has 2 heteroatoms. The third-order valence-electron chi connectivity index (χ3n) is 4.22. The second kappa shape index (κ2) is 7.91. The van der Waals surface area contributed by atoms with Gasteiger partial charge in [0.15, 0.2) is 0 Å². The van der Waals surface area contributed by atoms with E-state index in [0.717, 1.165) is 23.9 Å². The fourth-order valence-electron chi connectivity index (χ4n) is 3.19. The van der Waals surface area contributed by atoms with Crippen LogP contribution >= 0.6 is 11.6 Å². The molecule has 1 fully saturated rings. The van der Waals surface area contributed by atoms with Crippen LogP contribution in [0.4, 0.5) is 0 Å². The lowest BCUT2D eigenvalue weighted by Crippen LogP contribution is -2.39. The summed E-state index contributed by atoms with van der Waals surface area (Å²) >= 11 is 6.10. The normalized spacial score (nSPS) is 18.4. The predicted molar refractivity (Wildman–Crippen MR) is 83.8 cm³/mol. The quantitative estimate of drug-likeness (QED) is 0.786. The Hall–Kier alpha value is -0.530. The van der Waals surface area contributed by atoms with Crippen molar-refractivity contribution in [1.29, 1.82) is 0 Å². The van der Waals surface area contributed by atoms with Crippen LogP contribution in [0.5, 0.6) is 0 Å². The van der Waals surface area contributed by atoms with Crippen molar-refractivity contribution >= 4 is 11.6 Å². The van der Waals surface area contributed by atoms with Crippen molar-refractivity contribution < 1.29 is 0 Å². The summed E-state index contributed by atoms with van der Waals surface area (Å²) in [5.74, 6) is 0.847. The molecule has 2 rings (SSSR count). The van der Waals surface area contributed by atoms with E-state index in [1.807, 2.05) is 6.07 Å². The average Bonchev–Trinajstić information content (AvgIpc) is 2.44. The Morgan fingerprint density at radius 1 is 1.26 bits per heavy atom. The van der Waals surface area contributed by atoms with Gasteiger partial charge in [0.2, 0.25) is 0 Å². The second-order valence-electron chi connectivity index (χ2n) is 5.79. The molecular weight excluding hydrogens is 254 g/mol. The molecule has 1 unspecified atom stereocenters. The lowest BCUT2D eigenvalue weighted by atomic mass is 9.81. The number of hydrogen-bond acceptors (Lipinski definition) is 1. The Balaban J connectivity index is 1.99. The summed E-state index contributed by atoms with van der Waals surface area (Å²) < 4.78 is 0. The van der Waals surface area contributed by atoms with Crippen molar-refractivity contribution in [3.05, 3.63) is 34.9 Å². The molecule has 0 aromatic heterocycles. The van der Waals surface area contributed by atoms with Gasteiger partial charge in [0.05, 0.1) is 0 Å². The molecule has 1 saturated carbocycles. The molecule has 106 valence electrons. The van der Waals surface area contributed by atoms with E-state index in [1.54, 1.807) is 0 Å². The molecule has 0 spiro atoms. The van der Waals surface area contributed by atoms with E-state index in [0.29, 0.717) is 6.04 Å². The van der Waals surface area contributed by atoms with Crippen molar-refractivity contribution in [2.45, 2.75) is 57.9 Å². The highest BCUT2D eigenvalue weighted by molar-refractivity contribution is 6.30. The molecule has 1 atom stereocenters. The number of rotatable bonds is 6. The first-order chi connectivity index (χ1) is 9.29. The molecule has 0 radical (unpaired) electrons. The number of nitrogens with one attached hydrogen (secondary N) is 1. The number of halogens is 1. The van der Waals surface area contributed by atoms with Crippen LogP contribution in [-0.4, -0.2) is 12.6 Å². The van der Waals surface area contributed by atoms with Crippen LogP contribution in [0.15, 0.2) is 24.3 Å². The van der Waals surface area contributed by atoms with Crippen molar-refractivity contribution in [2.75, 3.05) is 6.54 Å². The van der Waals surface area contributed by atoms with E-state index in [1.165, 1.54) is 44.1 Å². The van der Waals surface area contributed by atoms with Crippen LogP contribution in [0.3, 0.4) is 0 Å². The largest absolute Gasteiger partial charge is 0.313 e. The summed E-state index contributed by atoms with van der Waals surface area (Å²) in [5.41, 5.74) is 1.37. The molecule has 0 amide bonds. The predicted octanol–water partition coefficient (Wildman–Crippen LogP) is 4.83. The van der Waals surface area contributed by atoms with Crippen molar-refractivity contribution in [1.82, 2.24) is 5.32 Å². The third-order valence-corrected chi connectivity index (χ3v) is 4.46. The van der Waals surface area contributed by atoms with Gasteiger partial charge in [0.25, 0.3) is 0 Å². The number of hydrogen-bond donors (Lipinski definition) is 1. The van der Waals surface area contributed by atoms with Gasteiger partial charge in [-0.2, -0.15) is 0 Å². The van der Waals surface area contributed by atoms with E-state index in [2.05, 4.69) is 30.4 Å². The minimum Gasteiger partial charge on any atom is -0.313 e. The molecule has 1 aromatic carbocycles. The lowest BCUT2D eigenvalue weighted by Gasteiger charge is -2.31. The van der Waals surface area contributed by atoms with Gasteiger partial charge in [-0.1, -0.05) is 49.9 Å². The highest BCUT2D eigenvalue weighted by Gasteiger charge is 2.23. The molecule has 1 aliphatic rings. The summed E-state index contributed by atoms with van der Waals surface area (Å²) in [6.45, 7) is 3.37. The van der Waals surface area contributed by atoms with Crippen molar-refractivity contribution in [2.24, 2.45) is 5.92 Å². The molecule has 0 bridgehead atoms. The molecule has 1 nitrogen and oxygen atoms in total. The Morgan fingerprint density at radius 2 is 2.05 bits per heavy atom. The Bertz CT molecular complexity index is 371. The van der Waals surface area contributed by atoms with Gasteiger partial charge in [-0.3, -0.25) is 0 Å². The monoisotopic (exact) mass is 279 g/mol. The van der Waals surface area contributed by atoms with E-state index in [4.69, 9.17) is 11.6 Å². The van der Waals surface area contributed by atoms with Gasteiger partial charge in [0.1, 0.15) is 0 Å². The molecular formula is C17H26ClN. The highest BCUT2D eigenvalue weighted by Crippen LogP contribution is 2.28. The first-order valence-corrected chi connectivity index (χ1v) is 8.15. The third kappa shape index (κ3) is 4.81. The topological polar surface area (TPSA) is 12.0 Å². The van der Waals surface area contributed by atoms with Gasteiger partial charge in [-0.15, -0.1) is 0 Å². The average molecular weight is 280 g/mol. The van der Waals surface area contributed by atoms with Crippen LogP contribution in [0.2, 0.25) is 5.02 Å². The molecule has 1 aromatic rings. The number of benzene rings is 1. The first kappa shape index (κ1) is 14.9. The van der Waals surface area contributed by atoms with Gasteiger partial charge in [-0.05, 0) is 55.8 Å². The molecule has 0 aliphatic heterocycles. The maximum Gasteiger partial charge on any atom is 0.0408 e. The molecule has 0 heterocycles. The van der Waals surface area contributed by atoms with Crippen LogP contribution in [0.1, 0.15) is 51.0 Å². The summed E-state index contributed by atoms with van der Waals surface area (Å²) in [5, 5.41) is 4.62. The summed E-state index contributed by atoms with van der Waals surface area (Å²) in [4.78, 5) is 0. The SMILES string of the molecule is CCCNC(Cc1cccc(Cl)c1)C1CCCCC1. The highest BCUT2D eigenvalue weighted by atomic mass is 35.5. The summed E-state index contributed by atoms with van der Waals surface area (Å²) in [7, 11) is 0. The minimum atomic E-state index is 0.624. The van der Waals surface area contributed by atoms with Gasteiger partial charge in [0, 0.05) is 11.1 Å². The van der Waals surface area contributed by atoms with Crippen LogP contribution in [-0.2, 0) is 6.42 Å². The van der Waals surface area contributed by atoms with Gasteiger partial charge < -0.3 is 5.32 Å². The van der Waals surface area contributed by atoms with Gasteiger partial charge in [-0.25, -0.2) is 0 Å². The summed E-state index contributed by atoms with van der Waals surface area (Å²) in [6.07, 6.45) is 9.34. The van der Waals surface area contributed by atoms with E-state index >= 15 is 0 Å². The zero-order valence-electron chi connectivity index (χ0n) is 12.0. The second-order valence-corrected chi connectivity index (χ2v) is 6.23. The van der Waals surface area contributed by atoms with Crippen LogP contribution in [0.25, 0.3) is 0 Å². The molecule has 1 aliphatic carbocycles. The Kier molecular flexibility index (Phi) is 6.19. The molecule has 19 heavy (non-hydrogen) atoms. The smallest absolute Gasteiger partial charge is 0.0408 e. The standard InChI is InChI=1S/C17H26ClN/c1-2-11-19-17(15-8-4-3-5-9-15)13-14-7-6-10-16(18)12-14/h6-7,10,12,15,17,19H,2-5,8-9,11,13H2,1H3. The zero-order chi connectivity index (χ0) is 13.5. The minimum absolute atomic E-state index is 0.624. The Morgan fingerprint density at radius 3 is 2.74 bits per heavy atom.